The second-order valence-electron chi connectivity index (χ2n) is 5.93. The van der Waals surface area contributed by atoms with Crippen LogP contribution >= 0.6 is 0 Å². The minimum Gasteiger partial charge on any atom is -0.450 e. The summed E-state index contributed by atoms with van der Waals surface area (Å²) in [6, 6.07) is 16.1. The molecule has 2 aromatic rings. The normalized spacial score (nSPS) is 12.2. The van der Waals surface area contributed by atoms with Gasteiger partial charge in [-0.15, -0.1) is 0 Å². The molecule has 0 bridgehead atoms. The van der Waals surface area contributed by atoms with E-state index in [0.29, 0.717) is 5.56 Å². The maximum Gasteiger partial charge on any atom is 0.355 e. The minimum atomic E-state index is -0.974. The van der Waals surface area contributed by atoms with E-state index in [4.69, 9.17) is 4.74 Å². The van der Waals surface area contributed by atoms with Gasteiger partial charge in [0.05, 0.1) is 0 Å². The van der Waals surface area contributed by atoms with Crippen LogP contribution in [0.1, 0.15) is 35.3 Å². The van der Waals surface area contributed by atoms with Gasteiger partial charge in [-0.2, -0.15) is 0 Å². The molecule has 1 amide bonds. The van der Waals surface area contributed by atoms with Crippen molar-refractivity contribution < 1.29 is 19.1 Å². The van der Waals surface area contributed by atoms with E-state index in [0.717, 1.165) is 11.1 Å². The molecule has 0 radical (unpaired) electrons. The Bertz CT molecular complexity index is 823. The highest BCUT2D eigenvalue weighted by molar-refractivity contribution is 6.03. The average Bonchev–Trinajstić information content (AvgIpc) is 2.61. The monoisotopic (exact) mass is 351 g/mol. The molecule has 0 aliphatic rings. The van der Waals surface area contributed by atoms with Crippen LogP contribution in [-0.4, -0.2) is 23.8 Å². The number of amides is 1. The van der Waals surface area contributed by atoms with Gasteiger partial charge in [0.2, 0.25) is 11.7 Å². The average molecular weight is 351 g/mol. The number of hydrogen-bond donors (Lipinski definition) is 1. The summed E-state index contributed by atoms with van der Waals surface area (Å²) in [7, 11) is 0. The fourth-order valence-electron chi connectivity index (χ4n) is 2.28. The molecule has 1 N–H and O–H groups in total. The van der Waals surface area contributed by atoms with Crippen molar-refractivity contribution in [1.82, 2.24) is 5.32 Å². The molecule has 0 saturated carbocycles. The van der Waals surface area contributed by atoms with Crippen molar-refractivity contribution >= 4 is 23.7 Å². The Morgan fingerprint density at radius 1 is 1.00 bits per heavy atom. The molecule has 2 aromatic carbocycles. The molecular weight excluding hydrogens is 330 g/mol. The zero-order valence-corrected chi connectivity index (χ0v) is 15.0. The van der Waals surface area contributed by atoms with Gasteiger partial charge in [0.1, 0.15) is 5.70 Å². The first-order valence-electron chi connectivity index (χ1n) is 8.23. The lowest BCUT2D eigenvalue weighted by atomic mass is 10.1. The van der Waals surface area contributed by atoms with Gasteiger partial charge in [-0.25, -0.2) is 4.79 Å². The number of carbonyl (C=O) groups excluding carboxylic acids is 3. The number of benzene rings is 2. The van der Waals surface area contributed by atoms with Gasteiger partial charge in [0, 0.05) is 12.5 Å². The van der Waals surface area contributed by atoms with Crippen molar-refractivity contribution in [3.8, 4) is 0 Å². The third-order valence-electron chi connectivity index (χ3n) is 3.63. The first-order chi connectivity index (χ1) is 12.4. The van der Waals surface area contributed by atoms with E-state index in [1.807, 2.05) is 37.3 Å². The van der Waals surface area contributed by atoms with Crippen molar-refractivity contribution in [2.24, 2.45) is 0 Å². The highest BCUT2D eigenvalue weighted by Crippen LogP contribution is 2.11. The van der Waals surface area contributed by atoms with E-state index >= 15 is 0 Å². The first-order valence-corrected chi connectivity index (χ1v) is 8.23. The van der Waals surface area contributed by atoms with E-state index < -0.39 is 18.0 Å². The lowest BCUT2D eigenvalue weighted by Gasteiger charge is -2.14. The number of esters is 1. The van der Waals surface area contributed by atoms with Gasteiger partial charge >= 0.3 is 5.97 Å². The summed E-state index contributed by atoms with van der Waals surface area (Å²) in [6.45, 7) is 4.73. The number of aryl methyl sites for hydroxylation is 1. The zero-order valence-electron chi connectivity index (χ0n) is 15.0. The van der Waals surface area contributed by atoms with E-state index in [9.17, 15) is 14.4 Å². The molecule has 0 heterocycles. The van der Waals surface area contributed by atoms with E-state index in [2.05, 4.69) is 5.32 Å². The molecule has 0 aromatic heterocycles. The van der Waals surface area contributed by atoms with Gasteiger partial charge in [0.25, 0.3) is 0 Å². The highest BCUT2D eigenvalue weighted by atomic mass is 16.5. The van der Waals surface area contributed by atoms with Gasteiger partial charge in [-0.05, 0) is 25.5 Å². The maximum atomic E-state index is 12.4. The molecular formula is C21H21NO4. The molecule has 134 valence electrons. The predicted molar refractivity (Wildman–Crippen MR) is 99.3 cm³/mol. The lowest BCUT2D eigenvalue weighted by molar-refractivity contribution is -0.142. The van der Waals surface area contributed by atoms with Gasteiger partial charge < -0.3 is 10.1 Å². The molecule has 0 aliphatic carbocycles. The fourth-order valence-corrected chi connectivity index (χ4v) is 2.28. The molecule has 0 aliphatic heterocycles. The van der Waals surface area contributed by atoms with Crippen LogP contribution in [-0.2, 0) is 14.3 Å². The predicted octanol–water partition coefficient (Wildman–Crippen LogP) is 3.29. The molecule has 0 saturated heterocycles. The van der Waals surface area contributed by atoms with Crippen molar-refractivity contribution in [3.05, 3.63) is 77.0 Å². The Hall–Kier alpha value is -3.21. The first kappa shape index (κ1) is 19.1. The number of ether oxygens (including phenoxy) is 1. The Morgan fingerprint density at radius 3 is 2.19 bits per heavy atom. The van der Waals surface area contributed by atoms with Crippen molar-refractivity contribution in [2.45, 2.75) is 26.9 Å². The summed E-state index contributed by atoms with van der Waals surface area (Å²) in [6.07, 6.45) is 0.533. The van der Waals surface area contributed by atoms with Crippen molar-refractivity contribution in [3.63, 3.8) is 0 Å². The SMILES string of the molecule is CC(=O)N/C(=C\c1ccccc1)C(=O)O[C@H](C)C(=O)c1ccc(C)cc1. The standard InChI is InChI=1S/C21H21NO4/c1-14-9-11-18(12-10-14)20(24)15(2)26-21(25)19(22-16(3)23)13-17-7-5-4-6-8-17/h4-13,15H,1-3H3,(H,22,23)/b19-13-/t15-/m1/s1. The summed E-state index contributed by atoms with van der Waals surface area (Å²) in [4.78, 5) is 36.2. The zero-order chi connectivity index (χ0) is 19.1. The molecule has 5 nitrogen and oxygen atoms in total. The summed E-state index contributed by atoms with van der Waals surface area (Å²) < 4.78 is 5.26. The van der Waals surface area contributed by atoms with Crippen LogP contribution < -0.4 is 5.32 Å². The van der Waals surface area contributed by atoms with Gasteiger partial charge in [0.15, 0.2) is 6.10 Å². The fraction of sp³-hybridized carbons (Fsp3) is 0.190. The van der Waals surface area contributed by atoms with Gasteiger partial charge in [-0.1, -0.05) is 60.2 Å². The largest absolute Gasteiger partial charge is 0.450 e. The molecule has 0 fully saturated rings. The van der Waals surface area contributed by atoms with Crippen LogP contribution in [0.25, 0.3) is 6.08 Å². The van der Waals surface area contributed by atoms with Crippen LogP contribution in [0.2, 0.25) is 0 Å². The van der Waals surface area contributed by atoms with Crippen molar-refractivity contribution in [1.29, 1.82) is 0 Å². The highest BCUT2D eigenvalue weighted by Gasteiger charge is 2.22. The number of rotatable bonds is 6. The molecule has 0 spiro atoms. The number of Topliss-reactive ketones (excluding diaryl/α,β-unsaturated/α-hetero) is 1. The number of ketones is 1. The van der Waals surface area contributed by atoms with Crippen LogP contribution in [0.4, 0.5) is 0 Å². The smallest absolute Gasteiger partial charge is 0.355 e. The van der Waals surface area contributed by atoms with E-state index in [-0.39, 0.29) is 11.5 Å². The topological polar surface area (TPSA) is 72.5 Å². The number of hydrogen-bond acceptors (Lipinski definition) is 4. The lowest BCUT2D eigenvalue weighted by Crippen LogP contribution is -2.31. The summed E-state index contributed by atoms with van der Waals surface area (Å²) in [5.41, 5.74) is 2.20. The molecule has 26 heavy (non-hydrogen) atoms. The molecule has 0 unspecified atom stereocenters. The summed E-state index contributed by atoms with van der Waals surface area (Å²) >= 11 is 0. The van der Waals surface area contributed by atoms with Crippen LogP contribution in [0.3, 0.4) is 0 Å². The Labute approximate surface area is 152 Å². The van der Waals surface area contributed by atoms with E-state index in [1.54, 1.807) is 24.3 Å². The Balaban J connectivity index is 2.15. The third kappa shape index (κ3) is 5.41. The van der Waals surface area contributed by atoms with Crippen LogP contribution in [0.15, 0.2) is 60.3 Å². The number of nitrogens with one attached hydrogen (secondary N) is 1. The Kier molecular flexibility index (Phi) is 6.44. The van der Waals surface area contributed by atoms with Crippen LogP contribution in [0, 0.1) is 6.92 Å². The number of carbonyl (C=O) groups is 3. The summed E-state index contributed by atoms with van der Waals surface area (Å²) in [5, 5.41) is 2.46. The second-order valence-corrected chi connectivity index (χ2v) is 5.93. The molecule has 1 atom stereocenters. The minimum absolute atomic E-state index is 0.0211. The Morgan fingerprint density at radius 2 is 1.62 bits per heavy atom. The second kappa shape index (κ2) is 8.76. The van der Waals surface area contributed by atoms with Crippen LogP contribution in [0.5, 0.6) is 0 Å². The molecule has 5 heteroatoms. The molecule has 2 rings (SSSR count). The quantitative estimate of drug-likeness (QED) is 0.492. The summed E-state index contributed by atoms with van der Waals surface area (Å²) in [5.74, 6) is -1.47. The van der Waals surface area contributed by atoms with E-state index in [1.165, 1.54) is 19.9 Å². The maximum absolute atomic E-state index is 12.4. The third-order valence-corrected chi connectivity index (χ3v) is 3.63. The van der Waals surface area contributed by atoms with Crippen molar-refractivity contribution in [2.75, 3.05) is 0 Å². The van der Waals surface area contributed by atoms with Gasteiger partial charge in [-0.3, -0.25) is 9.59 Å².